The van der Waals surface area contributed by atoms with Crippen LogP contribution >= 0.6 is 34.7 Å². The highest BCUT2D eigenvalue weighted by molar-refractivity contribution is 8.00. The maximum absolute atomic E-state index is 13.8. The minimum absolute atomic E-state index is 0.119. The normalized spacial score (nSPS) is 16.4. The molecule has 1 atom stereocenters. The lowest BCUT2D eigenvalue weighted by atomic mass is 9.95. The number of ether oxygens (including phenoxy) is 1. The third-order valence-corrected chi connectivity index (χ3v) is 8.78. The van der Waals surface area contributed by atoms with Crippen LogP contribution in [0.2, 0.25) is 5.02 Å². The van der Waals surface area contributed by atoms with Gasteiger partial charge in [0, 0.05) is 16.3 Å². The van der Waals surface area contributed by atoms with Gasteiger partial charge in [-0.05, 0) is 66.1 Å². The number of nitrogens with zero attached hydrogens (tertiary/aromatic N) is 3. The molecule has 41 heavy (non-hydrogen) atoms. The number of carbonyl (C=O) groups excluding carboxylic acids is 2. The smallest absolute Gasteiger partial charge is 0.301 e. The monoisotopic (exact) mass is 609 g/mol. The quantitative estimate of drug-likeness (QED) is 0.0499. The van der Waals surface area contributed by atoms with E-state index in [1.807, 2.05) is 12.1 Å². The SMILES string of the molecule is CCCCOc1ccc(C(O)=C2C(=O)C(=O)N(c3nnc(SCc4ccc(Cl)cc4)s3)[C@@H]2c2ccc(F)cc2)cc1. The Kier molecular flexibility index (Phi) is 9.02. The van der Waals surface area contributed by atoms with Gasteiger partial charge in [-0.1, -0.05) is 72.3 Å². The zero-order valence-electron chi connectivity index (χ0n) is 21.9. The van der Waals surface area contributed by atoms with E-state index in [1.54, 1.807) is 36.4 Å². The van der Waals surface area contributed by atoms with Crippen LogP contribution in [0.1, 0.15) is 42.5 Å². The summed E-state index contributed by atoms with van der Waals surface area (Å²) in [5.74, 6) is -1.31. The molecule has 0 bridgehead atoms. The molecule has 0 aliphatic carbocycles. The first-order chi connectivity index (χ1) is 19.9. The van der Waals surface area contributed by atoms with Crippen molar-refractivity contribution < 1.29 is 23.8 Å². The second kappa shape index (κ2) is 12.8. The van der Waals surface area contributed by atoms with Crippen molar-refractivity contribution in [3.05, 3.63) is 106 Å². The molecule has 4 aromatic rings. The standard InChI is InChI=1S/C30H25ClFN3O4S2/c1-2-3-16-39-23-14-8-20(9-15-23)26(36)24-25(19-6-12-22(32)13-7-19)35(28(38)27(24)37)29-33-34-30(41-29)40-17-18-4-10-21(31)11-5-18/h4-15,25,36H,2-3,16-17H2,1H3/t25-/m1/s1. The predicted molar refractivity (Wildman–Crippen MR) is 159 cm³/mol. The molecule has 5 rings (SSSR count). The number of aliphatic hydroxyl groups is 1. The Hall–Kier alpha value is -3.73. The molecule has 11 heteroatoms. The Bertz CT molecular complexity index is 1570. The van der Waals surface area contributed by atoms with Crippen LogP contribution in [0, 0.1) is 5.82 Å². The molecule has 0 radical (unpaired) electrons. The lowest BCUT2D eigenvalue weighted by Crippen LogP contribution is -2.29. The van der Waals surface area contributed by atoms with Gasteiger partial charge < -0.3 is 9.84 Å². The number of amides is 1. The summed E-state index contributed by atoms with van der Waals surface area (Å²) in [6.07, 6.45) is 1.91. The summed E-state index contributed by atoms with van der Waals surface area (Å²) in [6, 6.07) is 18.5. The van der Waals surface area contributed by atoms with Crippen molar-refractivity contribution in [2.45, 2.75) is 35.9 Å². The Morgan fingerprint density at radius 3 is 2.44 bits per heavy atom. The van der Waals surface area contributed by atoms with Gasteiger partial charge in [-0.15, -0.1) is 10.2 Å². The molecular formula is C30H25ClFN3O4S2. The third kappa shape index (κ3) is 6.45. The lowest BCUT2D eigenvalue weighted by molar-refractivity contribution is -0.132. The zero-order valence-corrected chi connectivity index (χ0v) is 24.3. The summed E-state index contributed by atoms with van der Waals surface area (Å²) < 4.78 is 20.1. The Labute approximate surface area is 249 Å². The van der Waals surface area contributed by atoms with Gasteiger partial charge in [-0.3, -0.25) is 14.5 Å². The first kappa shape index (κ1) is 28.8. The van der Waals surface area contributed by atoms with E-state index in [2.05, 4.69) is 17.1 Å². The highest BCUT2D eigenvalue weighted by Crippen LogP contribution is 2.44. The molecule has 0 unspecified atom stereocenters. The first-order valence-electron chi connectivity index (χ1n) is 12.9. The second-order valence-corrected chi connectivity index (χ2v) is 11.8. The van der Waals surface area contributed by atoms with Crippen LogP contribution in [-0.4, -0.2) is 33.6 Å². The fourth-order valence-corrected chi connectivity index (χ4v) is 6.22. The van der Waals surface area contributed by atoms with Gasteiger partial charge in [0.25, 0.3) is 5.78 Å². The second-order valence-electron chi connectivity index (χ2n) is 9.21. The fraction of sp³-hybridized carbons (Fsp3) is 0.200. The van der Waals surface area contributed by atoms with Crippen molar-refractivity contribution in [1.29, 1.82) is 0 Å². The highest BCUT2D eigenvalue weighted by atomic mass is 35.5. The number of hydrogen-bond acceptors (Lipinski definition) is 8. The van der Waals surface area contributed by atoms with Crippen molar-refractivity contribution in [3.63, 3.8) is 0 Å². The van der Waals surface area contributed by atoms with Crippen molar-refractivity contribution in [2.24, 2.45) is 0 Å². The van der Waals surface area contributed by atoms with Crippen molar-refractivity contribution in [3.8, 4) is 5.75 Å². The molecule has 1 fully saturated rings. The molecule has 1 amide bonds. The van der Waals surface area contributed by atoms with Crippen LogP contribution < -0.4 is 9.64 Å². The number of thioether (sulfide) groups is 1. The molecular weight excluding hydrogens is 585 g/mol. The van der Waals surface area contributed by atoms with Gasteiger partial charge in [0.1, 0.15) is 17.3 Å². The Morgan fingerprint density at radius 1 is 1.05 bits per heavy atom. The number of aromatic nitrogens is 2. The van der Waals surface area contributed by atoms with E-state index in [0.717, 1.165) is 29.7 Å². The number of carbonyl (C=O) groups is 2. The van der Waals surface area contributed by atoms with Gasteiger partial charge in [0.05, 0.1) is 18.2 Å². The lowest BCUT2D eigenvalue weighted by Gasteiger charge is -2.22. The maximum atomic E-state index is 13.8. The summed E-state index contributed by atoms with van der Waals surface area (Å²) in [4.78, 5) is 28.0. The number of ketones is 1. The minimum Gasteiger partial charge on any atom is -0.507 e. The van der Waals surface area contributed by atoms with Crippen LogP contribution in [0.3, 0.4) is 0 Å². The van der Waals surface area contributed by atoms with Crippen LogP contribution in [0.5, 0.6) is 5.75 Å². The van der Waals surface area contributed by atoms with E-state index in [-0.39, 0.29) is 16.5 Å². The summed E-state index contributed by atoms with van der Waals surface area (Å²) in [5, 5.41) is 20.6. The largest absolute Gasteiger partial charge is 0.507 e. The molecule has 7 nitrogen and oxygen atoms in total. The average molecular weight is 610 g/mol. The van der Waals surface area contributed by atoms with Gasteiger partial charge in [-0.25, -0.2) is 4.39 Å². The van der Waals surface area contributed by atoms with E-state index in [0.29, 0.717) is 38.6 Å². The van der Waals surface area contributed by atoms with Gasteiger partial charge in [0.15, 0.2) is 4.34 Å². The fourth-order valence-electron chi connectivity index (χ4n) is 4.27. The molecule has 1 aromatic heterocycles. The Morgan fingerprint density at radius 2 is 1.76 bits per heavy atom. The highest BCUT2D eigenvalue weighted by Gasteiger charge is 2.48. The molecule has 0 spiro atoms. The molecule has 0 saturated carbocycles. The third-order valence-electron chi connectivity index (χ3n) is 6.40. The van der Waals surface area contributed by atoms with E-state index < -0.39 is 23.5 Å². The molecule has 1 N–H and O–H groups in total. The summed E-state index contributed by atoms with van der Waals surface area (Å²) in [7, 11) is 0. The van der Waals surface area contributed by atoms with Gasteiger partial charge >= 0.3 is 5.91 Å². The summed E-state index contributed by atoms with van der Waals surface area (Å²) in [5.41, 5.74) is 1.70. The van der Waals surface area contributed by atoms with E-state index in [4.69, 9.17) is 16.3 Å². The first-order valence-corrected chi connectivity index (χ1v) is 15.0. The van der Waals surface area contributed by atoms with E-state index in [1.165, 1.54) is 40.9 Å². The predicted octanol–water partition coefficient (Wildman–Crippen LogP) is 7.43. The average Bonchev–Trinajstić information content (AvgIpc) is 3.55. The maximum Gasteiger partial charge on any atom is 0.301 e. The topological polar surface area (TPSA) is 92.6 Å². The van der Waals surface area contributed by atoms with E-state index in [9.17, 15) is 19.1 Å². The van der Waals surface area contributed by atoms with Gasteiger partial charge in [-0.2, -0.15) is 0 Å². The summed E-state index contributed by atoms with van der Waals surface area (Å²) in [6.45, 7) is 2.64. The molecule has 2 heterocycles. The number of benzene rings is 3. The number of Topliss-reactive ketones (excluding diaryl/α,β-unsaturated/α-hetero) is 1. The van der Waals surface area contributed by atoms with Crippen LogP contribution in [0.4, 0.5) is 9.52 Å². The van der Waals surface area contributed by atoms with Gasteiger partial charge in [0.2, 0.25) is 5.13 Å². The number of rotatable bonds is 10. The number of unbranched alkanes of at least 4 members (excludes halogenated alkanes) is 1. The molecule has 1 saturated heterocycles. The van der Waals surface area contributed by atoms with Crippen LogP contribution in [-0.2, 0) is 15.3 Å². The number of aliphatic hydroxyl groups excluding tert-OH is 1. The Balaban J connectivity index is 1.47. The van der Waals surface area contributed by atoms with Crippen molar-refractivity contribution in [2.75, 3.05) is 11.5 Å². The minimum atomic E-state index is -1.03. The zero-order chi connectivity index (χ0) is 28.9. The molecule has 1 aliphatic heterocycles. The van der Waals surface area contributed by atoms with Crippen molar-refractivity contribution in [1.82, 2.24) is 10.2 Å². The summed E-state index contributed by atoms with van der Waals surface area (Å²) >= 11 is 8.55. The molecule has 1 aliphatic rings. The molecule has 3 aromatic carbocycles. The number of hydrogen-bond donors (Lipinski definition) is 1. The number of halogens is 2. The molecule has 210 valence electrons. The van der Waals surface area contributed by atoms with E-state index >= 15 is 0 Å². The number of anilines is 1. The van der Waals surface area contributed by atoms with Crippen LogP contribution in [0.25, 0.3) is 5.76 Å². The van der Waals surface area contributed by atoms with Crippen LogP contribution in [0.15, 0.2) is 82.7 Å². The van der Waals surface area contributed by atoms with Crippen molar-refractivity contribution >= 4 is 57.3 Å².